The molecule has 11 heteroatoms. The highest BCUT2D eigenvalue weighted by atomic mass is 35.5. The minimum Gasteiger partial charge on any atom is -0.497 e. The number of fused-ring (bicyclic) bond motifs is 2. The Labute approximate surface area is 219 Å². The first-order valence-electron chi connectivity index (χ1n) is 11.2. The van der Waals surface area contributed by atoms with Gasteiger partial charge in [0.25, 0.3) is 0 Å². The number of hydrogen-bond donors (Lipinski definition) is 0. The number of rotatable bonds is 6. The fourth-order valence-corrected chi connectivity index (χ4v) is 7.51. The van der Waals surface area contributed by atoms with Gasteiger partial charge in [0.1, 0.15) is 17.5 Å². The van der Waals surface area contributed by atoms with Crippen molar-refractivity contribution in [1.29, 1.82) is 0 Å². The van der Waals surface area contributed by atoms with Crippen LogP contribution in [0.4, 0.5) is 5.69 Å². The van der Waals surface area contributed by atoms with Gasteiger partial charge in [-0.05, 0) is 48.9 Å². The molecule has 1 aromatic heterocycles. The molecule has 0 aliphatic carbocycles. The Balaban J connectivity index is 1.62. The van der Waals surface area contributed by atoms with E-state index in [0.29, 0.717) is 26.4 Å². The Morgan fingerprint density at radius 3 is 2.36 bits per heavy atom. The van der Waals surface area contributed by atoms with Gasteiger partial charge in [0, 0.05) is 15.8 Å². The van der Waals surface area contributed by atoms with Crippen LogP contribution >= 0.6 is 34.7 Å². The summed E-state index contributed by atoms with van der Waals surface area (Å²) < 4.78 is 11.6. The SMILES string of the molecule is CCOC(=O)Cn1c2c(sc1=O)C(c1ccc(Cl)cc1)C1C(=O)N(c3ccc(OC)cc3)C(=O)C1S2. The summed E-state index contributed by atoms with van der Waals surface area (Å²) in [6.45, 7) is 1.62. The van der Waals surface area contributed by atoms with Gasteiger partial charge in [-0.3, -0.25) is 23.7 Å². The first-order chi connectivity index (χ1) is 17.3. The summed E-state index contributed by atoms with van der Waals surface area (Å²) >= 11 is 8.25. The monoisotopic (exact) mass is 544 g/mol. The van der Waals surface area contributed by atoms with Crippen molar-refractivity contribution >= 4 is 58.2 Å². The maximum atomic E-state index is 13.8. The number of halogens is 1. The fraction of sp³-hybridized carbons (Fsp3) is 0.280. The summed E-state index contributed by atoms with van der Waals surface area (Å²) in [4.78, 5) is 54.1. The zero-order valence-electron chi connectivity index (χ0n) is 19.3. The van der Waals surface area contributed by atoms with Crippen LogP contribution in [0.1, 0.15) is 23.3 Å². The summed E-state index contributed by atoms with van der Waals surface area (Å²) in [5, 5.41) is 0.273. The first kappa shape index (κ1) is 24.6. The smallest absolute Gasteiger partial charge is 0.326 e. The molecule has 5 rings (SSSR count). The predicted octanol–water partition coefficient (Wildman–Crippen LogP) is 3.93. The summed E-state index contributed by atoms with van der Waals surface area (Å²) in [5.74, 6) is -1.93. The number of nitrogens with zero attached hydrogens (tertiary/aromatic N) is 2. The fourth-order valence-electron chi connectivity index (χ4n) is 4.61. The highest BCUT2D eigenvalue weighted by Gasteiger charge is 2.56. The minimum atomic E-state index is -0.768. The predicted molar refractivity (Wildman–Crippen MR) is 137 cm³/mol. The van der Waals surface area contributed by atoms with Gasteiger partial charge in [0.2, 0.25) is 11.8 Å². The lowest BCUT2D eigenvalue weighted by atomic mass is 9.83. The number of thiazole rings is 1. The standard InChI is InChI=1S/C25H21ClN2O6S2/c1-3-34-17(29)12-27-24-21(36-25(27)32)18(13-4-6-14(26)7-5-13)19-20(35-24)23(31)28(22(19)30)15-8-10-16(33-2)11-9-15/h4-11,18-20H,3,12H2,1-2H3. The second-order valence-corrected chi connectivity index (χ2v) is 10.8. The summed E-state index contributed by atoms with van der Waals surface area (Å²) in [6.07, 6.45) is 0. The zero-order chi connectivity index (χ0) is 25.6. The van der Waals surface area contributed by atoms with Crippen molar-refractivity contribution in [3.05, 3.63) is 73.7 Å². The van der Waals surface area contributed by atoms with E-state index in [2.05, 4.69) is 0 Å². The molecule has 0 spiro atoms. The van der Waals surface area contributed by atoms with Gasteiger partial charge in [0.15, 0.2) is 0 Å². The van der Waals surface area contributed by atoms with E-state index in [-0.39, 0.29) is 29.8 Å². The third-order valence-corrected chi connectivity index (χ3v) is 9.06. The molecule has 186 valence electrons. The third kappa shape index (κ3) is 4.12. The summed E-state index contributed by atoms with van der Waals surface area (Å²) in [5.41, 5.74) is 1.21. The number of hydrogen-bond acceptors (Lipinski definition) is 8. The number of imide groups is 1. The normalized spacial score (nSPS) is 20.8. The summed E-state index contributed by atoms with van der Waals surface area (Å²) in [7, 11) is 1.54. The number of benzene rings is 2. The van der Waals surface area contributed by atoms with E-state index < -0.39 is 23.1 Å². The molecule has 2 aromatic carbocycles. The van der Waals surface area contributed by atoms with Crippen molar-refractivity contribution in [2.45, 2.75) is 29.7 Å². The van der Waals surface area contributed by atoms with E-state index in [4.69, 9.17) is 21.1 Å². The van der Waals surface area contributed by atoms with E-state index in [1.807, 2.05) is 0 Å². The van der Waals surface area contributed by atoms with Crippen LogP contribution in [0.25, 0.3) is 0 Å². The van der Waals surface area contributed by atoms with E-state index in [9.17, 15) is 19.2 Å². The van der Waals surface area contributed by atoms with Crippen molar-refractivity contribution in [3.8, 4) is 5.75 Å². The topological polar surface area (TPSA) is 94.9 Å². The van der Waals surface area contributed by atoms with Crippen LogP contribution in [0, 0.1) is 5.92 Å². The molecule has 0 radical (unpaired) electrons. The molecule has 3 heterocycles. The van der Waals surface area contributed by atoms with Crippen LogP contribution in [-0.4, -0.2) is 41.3 Å². The van der Waals surface area contributed by atoms with Crippen LogP contribution in [0.5, 0.6) is 5.75 Å². The molecule has 0 bridgehead atoms. The van der Waals surface area contributed by atoms with Gasteiger partial charge in [-0.15, -0.1) is 0 Å². The molecule has 3 unspecified atom stereocenters. The molecule has 0 saturated carbocycles. The van der Waals surface area contributed by atoms with Crippen LogP contribution in [0.15, 0.2) is 58.4 Å². The Morgan fingerprint density at radius 1 is 1.03 bits per heavy atom. The lowest BCUT2D eigenvalue weighted by Crippen LogP contribution is -2.32. The quantitative estimate of drug-likeness (QED) is 0.343. The molecule has 0 N–H and O–H groups in total. The lowest BCUT2D eigenvalue weighted by molar-refractivity contribution is -0.144. The highest BCUT2D eigenvalue weighted by molar-refractivity contribution is 8.00. The molecule has 1 saturated heterocycles. The van der Waals surface area contributed by atoms with Gasteiger partial charge in [0.05, 0.1) is 30.3 Å². The lowest BCUT2D eigenvalue weighted by Gasteiger charge is -2.30. The maximum absolute atomic E-state index is 13.8. The maximum Gasteiger partial charge on any atom is 0.326 e. The van der Waals surface area contributed by atoms with Gasteiger partial charge >= 0.3 is 10.8 Å². The van der Waals surface area contributed by atoms with Crippen molar-refractivity contribution in [3.63, 3.8) is 0 Å². The van der Waals surface area contributed by atoms with E-state index in [1.54, 1.807) is 55.5 Å². The van der Waals surface area contributed by atoms with Gasteiger partial charge in [-0.1, -0.05) is 46.8 Å². The van der Waals surface area contributed by atoms with Gasteiger partial charge in [-0.25, -0.2) is 4.90 Å². The number of carbonyl (C=O) groups excluding carboxylic acids is 3. The number of methoxy groups -OCH3 is 1. The average Bonchev–Trinajstić information content (AvgIpc) is 3.31. The van der Waals surface area contributed by atoms with E-state index >= 15 is 0 Å². The molecule has 2 aliphatic heterocycles. The molecule has 1 fully saturated rings. The molecule has 36 heavy (non-hydrogen) atoms. The molecule has 2 amide bonds. The number of aromatic nitrogens is 1. The van der Waals surface area contributed by atoms with Crippen molar-refractivity contribution in [2.24, 2.45) is 5.92 Å². The van der Waals surface area contributed by atoms with Crippen LogP contribution in [0.3, 0.4) is 0 Å². The second kappa shape index (κ2) is 9.76. The van der Waals surface area contributed by atoms with Gasteiger partial charge in [-0.2, -0.15) is 0 Å². The number of esters is 1. The van der Waals surface area contributed by atoms with Crippen molar-refractivity contribution in [1.82, 2.24) is 4.57 Å². The highest BCUT2D eigenvalue weighted by Crippen LogP contribution is 2.54. The number of ether oxygens (including phenoxy) is 2. The number of thioether (sulfide) groups is 1. The minimum absolute atomic E-state index is 0.189. The molecule has 8 nitrogen and oxygen atoms in total. The third-order valence-electron chi connectivity index (χ3n) is 6.20. The van der Waals surface area contributed by atoms with E-state index in [1.165, 1.54) is 16.6 Å². The van der Waals surface area contributed by atoms with Crippen molar-refractivity contribution in [2.75, 3.05) is 18.6 Å². The first-order valence-corrected chi connectivity index (χ1v) is 13.2. The average molecular weight is 545 g/mol. The molecular formula is C25H21ClN2O6S2. The Kier molecular flexibility index (Phi) is 6.67. The second-order valence-electron chi connectivity index (χ2n) is 8.23. The van der Waals surface area contributed by atoms with E-state index in [0.717, 1.165) is 28.7 Å². The van der Waals surface area contributed by atoms with Crippen LogP contribution < -0.4 is 14.5 Å². The molecular weight excluding hydrogens is 524 g/mol. The van der Waals surface area contributed by atoms with Crippen molar-refractivity contribution < 1.29 is 23.9 Å². The molecule has 3 atom stereocenters. The number of carbonyl (C=O) groups is 3. The van der Waals surface area contributed by atoms with Gasteiger partial charge < -0.3 is 9.47 Å². The Hall–Kier alpha value is -3.08. The Bertz CT molecular complexity index is 1400. The van der Waals surface area contributed by atoms with Crippen LogP contribution in [0.2, 0.25) is 5.02 Å². The largest absolute Gasteiger partial charge is 0.497 e. The van der Waals surface area contributed by atoms with Crippen LogP contribution in [-0.2, 0) is 25.7 Å². The summed E-state index contributed by atoms with van der Waals surface area (Å²) in [6, 6.07) is 13.8. The zero-order valence-corrected chi connectivity index (χ0v) is 21.7. The molecule has 3 aromatic rings. The molecule has 2 aliphatic rings. The Morgan fingerprint density at radius 2 is 1.72 bits per heavy atom. The number of anilines is 1. The number of amides is 2.